The number of benzene rings is 1. The lowest BCUT2D eigenvalue weighted by molar-refractivity contribution is -0.118. The van der Waals surface area contributed by atoms with E-state index in [2.05, 4.69) is 5.32 Å². The van der Waals surface area contributed by atoms with Gasteiger partial charge >= 0.3 is 0 Å². The molecule has 3 nitrogen and oxygen atoms in total. The average molecular weight is 259 g/mol. The zero-order valence-electron chi connectivity index (χ0n) is 9.84. The fourth-order valence-corrected chi connectivity index (χ4v) is 1.49. The van der Waals surface area contributed by atoms with Crippen LogP contribution in [0.1, 0.15) is 20.3 Å². The van der Waals surface area contributed by atoms with Crippen molar-refractivity contribution in [1.29, 1.82) is 0 Å². The summed E-state index contributed by atoms with van der Waals surface area (Å²) in [5.74, 6) is -0.754. The number of hydrogen-bond donors (Lipinski definition) is 2. The molecule has 2 unspecified atom stereocenters. The fourth-order valence-electron chi connectivity index (χ4n) is 1.32. The zero-order chi connectivity index (χ0) is 13.0. The molecule has 0 heterocycles. The summed E-state index contributed by atoms with van der Waals surface area (Å²) in [5, 5.41) is 2.82. The molecule has 0 aliphatic heterocycles. The van der Waals surface area contributed by atoms with Crippen molar-refractivity contribution < 1.29 is 9.18 Å². The van der Waals surface area contributed by atoms with Crippen LogP contribution >= 0.6 is 11.6 Å². The number of amides is 1. The number of halogens is 2. The molecule has 5 heteroatoms. The van der Waals surface area contributed by atoms with Crippen LogP contribution in [0.3, 0.4) is 0 Å². The minimum atomic E-state index is -0.626. The van der Waals surface area contributed by atoms with Gasteiger partial charge in [-0.2, -0.15) is 0 Å². The van der Waals surface area contributed by atoms with Gasteiger partial charge in [-0.05, 0) is 24.1 Å². The van der Waals surface area contributed by atoms with E-state index in [1.54, 1.807) is 0 Å². The van der Waals surface area contributed by atoms with E-state index in [-0.39, 0.29) is 22.5 Å². The van der Waals surface area contributed by atoms with Gasteiger partial charge in [0, 0.05) is 0 Å². The molecule has 1 rings (SSSR count). The summed E-state index contributed by atoms with van der Waals surface area (Å²) < 4.78 is 13.0. The van der Waals surface area contributed by atoms with E-state index in [4.69, 9.17) is 17.3 Å². The van der Waals surface area contributed by atoms with E-state index in [9.17, 15) is 9.18 Å². The van der Waals surface area contributed by atoms with Crippen LogP contribution in [0, 0.1) is 11.7 Å². The Morgan fingerprint density at radius 1 is 1.59 bits per heavy atom. The third kappa shape index (κ3) is 3.68. The van der Waals surface area contributed by atoms with Crippen LogP contribution in [-0.2, 0) is 4.79 Å². The van der Waals surface area contributed by atoms with Crippen molar-refractivity contribution in [2.45, 2.75) is 26.3 Å². The molecule has 0 radical (unpaired) electrons. The fraction of sp³-hybridized carbons (Fsp3) is 0.417. The lowest BCUT2D eigenvalue weighted by atomic mass is 9.99. The van der Waals surface area contributed by atoms with E-state index >= 15 is 0 Å². The van der Waals surface area contributed by atoms with Crippen LogP contribution in [0.15, 0.2) is 18.2 Å². The highest BCUT2D eigenvalue weighted by atomic mass is 35.5. The predicted molar refractivity (Wildman–Crippen MR) is 67.5 cm³/mol. The van der Waals surface area contributed by atoms with Gasteiger partial charge in [0.15, 0.2) is 0 Å². The SMILES string of the molecule is CCC(C)C(N)C(=O)Nc1cc(F)ccc1Cl. The van der Waals surface area contributed by atoms with Crippen molar-refractivity contribution in [2.24, 2.45) is 11.7 Å². The summed E-state index contributed by atoms with van der Waals surface area (Å²) in [7, 11) is 0. The lowest BCUT2D eigenvalue weighted by Gasteiger charge is -2.18. The van der Waals surface area contributed by atoms with E-state index < -0.39 is 11.9 Å². The number of nitrogens with one attached hydrogen (secondary N) is 1. The molecule has 3 N–H and O–H groups in total. The van der Waals surface area contributed by atoms with Gasteiger partial charge in [0.1, 0.15) is 5.82 Å². The molecule has 1 amide bonds. The molecule has 0 saturated carbocycles. The van der Waals surface area contributed by atoms with Gasteiger partial charge in [0.25, 0.3) is 0 Å². The van der Waals surface area contributed by atoms with Crippen LogP contribution in [-0.4, -0.2) is 11.9 Å². The highest BCUT2D eigenvalue weighted by Crippen LogP contribution is 2.22. The van der Waals surface area contributed by atoms with Gasteiger partial charge in [0.2, 0.25) is 5.91 Å². The highest BCUT2D eigenvalue weighted by Gasteiger charge is 2.20. The third-order valence-electron chi connectivity index (χ3n) is 2.75. The van der Waals surface area contributed by atoms with Crippen molar-refractivity contribution in [3.63, 3.8) is 0 Å². The number of carbonyl (C=O) groups is 1. The summed E-state index contributed by atoms with van der Waals surface area (Å²) in [4.78, 5) is 11.8. The second kappa shape index (κ2) is 5.98. The summed E-state index contributed by atoms with van der Waals surface area (Å²) in [6.07, 6.45) is 0.797. The summed E-state index contributed by atoms with van der Waals surface area (Å²) in [5.41, 5.74) is 6.00. The van der Waals surface area contributed by atoms with Crippen molar-refractivity contribution in [1.82, 2.24) is 0 Å². The number of rotatable bonds is 4. The van der Waals surface area contributed by atoms with Gasteiger partial charge in [0.05, 0.1) is 16.8 Å². The molecule has 94 valence electrons. The molecule has 0 aromatic heterocycles. The smallest absolute Gasteiger partial charge is 0.241 e. The second-order valence-electron chi connectivity index (χ2n) is 4.02. The molecular weight excluding hydrogens is 243 g/mol. The highest BCUT2D eigenvalue weighted by molar-refractivity contribution is 6.33. The first kappa shape index (κ1) is 13.9. The van der Waals surface area contributed by atoms with Gasteiger partial charge in [-0.3, -0.25) is 4.79 Å². The maximum absolute atomic E-state index is 13.0. The minimum absolute atomic E-state index is 0.0577. The van der Waals surface area contributed by atoms with Gasteiger partial charge < -0.3 is 11.1 Å². The van der Waals surface area contributed by atoms with Crippen LogP contribution < -0.4 is 11.1 Å². The average Bonchev–Trinajstić information content (AvgIpc) is 2.31. The standard InChI is InChI=1S/C12H16ClFN2O/c1-3-7(2)11(15)12(17)16-10-6-8(14)4-5-9(10)13/h4-7,11H,3,15H2,1-2H3,(H,16,17). The third-order valence-corrected chi connectivity index (χ3v) is 3.08. The van der Waals surface area contributed by atoms with Crippen LogP contribution in [0.25, 0.3) is 0 Å². The largest absolute Gasteiger partial charge is 0.323 e. The Kier molecular flexibility index (Phi) is 4.90. The lowest BCUT2D eigenvalue weighted by Crippen LogP contribution is -2.40. The van der Waals surface area contributed by atoms with Gasteiger partial charge in [-0.25, -0.2) is 4.39 Å². The number of nitrogens with two attached hydrogens (primary N) is 1. The van der Waals surface area contributed by atoms with Gasteiger partial charge in [-0.15, -0.1) is 0 Å². The molecule has 17 heavy (non-hydrogen) atoms. The zero-order valence-corrected chi connectivity index (χ0v) is 10.6. The first-order valence-corrected chi connectivity index (χ1v) is 5.85. The Morgan fingerprint density at radius 3 is 2.82 bits per heavy atom. The topological polar surface area (TPSA) is 55.1 Å². The molecule has 0 fully saturated rings. The Labute approximate surface area is 105 Å². The van der Waals surface area contributed by atoms with E-state index in [1.165, 1.54) is 18.2 Å². The number of anilines is 1. The monoisotopic (exact) mass is 258 g/mol. The number of carbonyl (C=O) groups excluding carboxylic acids is 1. The first-order valence-electron chi connectivity index (χ1n) is 5.47. The van der Waals surface area contributed by atoms with Gasteiger partial charge in [-0.1, -0.05) is 31.9 Å². The summed E-state index contributed by atoms with van der Waals surface area (Å²) in [6.45, 7) is 3.84. The van der Waals surface area contributed by atoms with Crippen molar-refractivity contribution in [3.8, 4) is 0 Å². The molecule has 0 aliphatic rings. The molecule has 0 saturated heterocycles. The second-order valence-corrected chi connectivity index (χ2v) is 4.43. The quantitative estimate of drug-likeness (QED) is 0.873. The first-order chi connectivity index (χ1) is 7.95. The van der Waals surface area contributed by atoms with Crippen molar-refractivity contribution >= 4 is 23.2 Å². The molecule has 0 spiro atoms. The van der Waals surface area contributed by atoms with Crippen LogP contribution in [0.2, 0.25) is 5.02 Å². The summed E-state index contributed by atoms with van der Waals surface area (Å²) >= 11 is 5.84. The van der Waals surface area contributed by atoms with Crippen molar-refractivity contribution in [2.75, 3.05) is 5.32 Å². The Bertz CT molecular complexity index is 411. The van der Waals surface area contributed by atoms with E-state index in [0.717, 1.165) is 6.42 Å². The predicted octanol–water partition coefficient (Wildman–Crippen LogP) is 2.79. The summed E-state index contributed by atoms with van der Waals surface area (Å²) in [6, 6.07) is 3.16. The molecule has 0 bridgehead atoms. The maximum Gasteiger partial charge on any atom is 0.241 e. The van der Waals surface area contributed by atoms with E-state index in [1.807, 2.05) is 13.8 Å². The molecule has 0 aliphatic carbocycles. The molecule has 1 aromatic carbocycles. The van der Waals surface area contributed by atoms with E-state index in [0.29, 0.717) is 0 Å². The molecular formula is C12H16ClFN2O. The Balaban J connectivity index is 2.77. The van der Waals surface area contributed by atoms with Crippen LogP contribution in [0.5, 0.6) is 0 Å². The Hall–Kier alpha value is -1.13. The molecule has 1 aromatic rings. The number of hydrogen-bond acceptors (Lipinski definition) is 2. The maximum atomic E-state index is 13.0. The minimum Gasteiger partial charge on any atom is -0.323 e. The Morgan fingerprint density at radius 2 is 2.24 bits per heavy atom. The van der Waals surface area contributed by atoms with Crippen molar-refractivity contribution in [3.05, 3.63) is 29.0 Å². The molecule has 2 atom stereocenters. The van der Waals surface area contributed by atoms with Crippen LogP contribution in [0.4, 0.5) is 10.1 Å². The normalized spacial score (nSPS) is 14.2.